The van der Waals surface area contributed by atoms with E-state index in [4.69, 9.17) is 16.3 Å². The number of rotatable bonds is 3. The molecule has 0 unspecified atom stereocenters. The van der Waals surface area contributed by atoms with Gasteiger partial charge in [0.25, 0.3) is 5.91 Å². The van der Waals surface area contributed by atoms with E-state index in [1.807, 2.05) is 6.92 Å². The van der Waals surface area contributed by atoms with Crippen LogP contribution in [-0.4, -0.2) is 30.5 Å². The Morgan fingerprint density at radius 2 is 2.17 bits per heavy atom. The van der Waals surface area contributed by atoms with Gasteiger partial charge in [0.1, 0.15) is 11.4 Å². The zero-order chi connectivity index (χ0) is 17.2. The first-order valence-corrected chi connectivity index (χ1v) is 8.95. The quantitative estimate of drug-likeness (QED) is 0.880. The molecule has 1 saturated carbocycles. The summed E-state index contributed by atoms with van der Waals surface area (Å²) < 4.78 is 6.25. The lowest BCUT2D eigenvalue weighted by molar-refractivity contribution is -0.127. The molecule has 1 heterocycles. The molecule has 0 atom stereocenters. The van der Waals surface area contributed by atoms with Gasteiger partial charge in [-0.3, -0.25) is 9.59 Å². The van der Waals surface area contributed by atoms with Crippen LogP contribution in [-0.2, 0) is 4.79 Å². The number of hydrogen-bond donors (Lipinski definition) is 2. The average molecular weight is 351 g/mol. The highest BCUT2D eigenvalue weighted by Crippen LogP contribution is 2.38. The van der Waals surface area contributed by atoms with Crippen LogP contribution in [0.4, 0.5) is 0 Å². The van der Waals surface area contributed by atoms with Crippen molar-refractivity contribution in [3.8, 4) is 5.75 Å². The summed E-state index contributed by atoms with van der Waals surface area (Å²) in [5.74, 6) is 0.585. The molecule has 1 spiro atoms. The molecule has 3 rings (SSSR count). The lowest BCUT2D eigenvalue weighted by Gasteiger charge is -2.39. The lowest BCUT2D eigenvalue weighted by atomic mass is 9.78. The first kappa shape index (κ1) is 17.1. The standard InChI is InChI=1S/C18H23ClN2O3/c1-2-9-20-16(22)12-5-7-18(8-6-12)11-21-17(23)14-10-13(19)3-4-15(14)24-18/h3-4,10,12H,2,5-9,11H2,1H3,(H,20,22)(H,21,23). The Morgan fingerprint density at radius 1 is 1.42 bits per heavy atom. The van der Waals surface area contributed by atoms with Gasteiger partial charge < -0.3 is 15.4 Å². The third kappa shape index (κ3) is 3.51. The molecule has 2 N–H and O–H groups in total. The number of hydrogen-bond acceptors (Lipinski definition) is 3. The van der Waals surface area contributed by atoms with Crippen LogP contribution in [0.5, 0.6) is 5.75 Å². The van der Waals surface area contributed by atoms with Crippen LogP contribution < -0.4 is 15.4 Å². The van der Waals surface area contributed by atoms with E-state index in [0.717, 1.165) is 38.6 Å². The van der Waals surface area contributed by atoms with E-state index in [1.165, 1.54) is 0 Å². The molecule has 0 radical (unpaired) electrons. The largest absolute Gasteiger partial charge is 0.485 e. The molecule has 6 heteroatoms. The van der Waals surface area contributed by atoms with Gasteiger partial charge in [0.2, 0.25) is 5.91 Å². The molecule has 24 heavy (non-hydrogen) atoms. The smallest absolute Gasteiger partial charge is 0.255 e. The Balaban J connectivity index is 1.71. The van der Waals surface area contributed by atoms with Crippen LogP contribution >= 0.6 is 11.6 Å². The van der Waals surface area contributed by atoms with E-state index in [-0.39, 0.29) is 17.7 Å². The Hall–Kier alpha value is -1.75. The fourth-order valence-electron chi connectivity index (χ4n) is 3.45. The number of fused-ring (bicyclic) bond motifs is 1. The van der Waals surface area contributed by atoms with Crippen molar-refractivity contribution in [1.29, 1.82) is 0 Å². The van der Waals surface area contributed by atoms with Crippen LogP contribution in [0, 0.1) is 5.92 Å². The maximum absolute atomic E-state index is 12.3. The molecule has 1 aromatic carbocycles. The molecule has 1 aliphatic heterocycles. The molecule has 0 bridgehead atoms. The molecule has 1 aliphatic carbocycles. The number of benzene rings is 1. The molecule has 0 aromatic heterocycles. The van der Waals surface area contributed by atoms with Gasteiger partial charge in [-0.15, -0.1) is 0 Å². The van der Waals surface area contributed by atoms with Gasteiger partial charge in [-0.25, -0.2) is 0 Å². The predicted octanol–water partition coefficient (Wildman–Crippen LogP) is 2.92. The van der Waals surface area contributed by atoms with E-state index in [9.17, 15) is 9.59 Å². The molecular weight excluding hydrogens is 328 g/mol. The topological polar surface area (TPSA) is 67.4 Å². The highest BCUT2D eigenvalue weighted by Gasteiger charge is 2.41. The van der Waals surface area contributed by atoms with Crippen molar-refractivity contribution in [1.82, 2.24) is 10.6 Å². The van der Waals surface area contributed by atoms with E-state index in [0.29, 0.717) is 22.9 Å². The van der Waals surface area contributed by atoms with Gasteiger partial charge in [-0.05, 0) is 50.3 Å². The van der Waals surface area contributed by atoms with E-state index in [2.05, 4.69) is 10.6 Å². The Bertz CT molecular complexity index is 639. The van der Waals surface area contributed by atoms with Gasteiger partial charge in [0, 0.05) is 17.5 Å². The fraction of sp³-hybridized carbons (Fsp3) is 0.556. The highest BCUT2D eigenvalue weighted by molar-refractivity contribution is 6.31. The maximum atomic E-state index is 12.3. The monoisotopic (exact) mass is 350 g/mol. The van der Waals surface area contributed by atoms with Gasteiger partial charge in [-0.1, -0.05) is 18.5 Å². The number of halogens is 1. The summed E-state index contributed by atoms with van der Waals surface area (Å²) in [5, 5.41) is 6.43. The van der Waals surface area contributed by atoms with E-state index in [1.54, 1.807) is 18.2 Å². The average Bonchev–Trinajstić information content (AvgIpc) is 2.71. The van der Waals surface area contributed by atoms with Crippen LogP contribution in [0.3, 0.4) is 0 Å². The maximum Gasteiger partial charge on any atom is 0.255 e. The first-order valence-electron chi connectivity index (χ1n) is 8.57. The van der Waals surface area contributed by atoms with Gasteiger partial charge >= 0.3 is 0 Å². The molecule has 5 nitrogen and oxygen atoms in total. The van der Waals surface area contributed by atoms with Gasteiger partial charge in [0.05, 0.1) is 12.1 Å². The summed E-state index contributed by atoms with van der Waals surface area (Å²) in [6, 6.07) is 5.12. The van der Waals surface area contributed by atoms with Crippen molar-refractivity contribution < 1.29 is 14.3 Å². The molecule has 1 aromatic rings. The van der Waals surface area contributed by atoms with Crippen LogP contribution in [0.1, 0.15) is 49.4 Å². The van der Waals surface area contributed by atoms with Crippen molar-refractivity contribution in [2.24, 2.45) is 5.92 Å². The number of amides is 2. The minimum atomic E-state index is -0.434. The van der Waals surface area contributed by atoms with Crippen molar-refractivity contribution in [3.05, 3.63) is 28.8 Å². The third-order valence-electron chi connectivity index (χ3n) is 4.90. The Morgan fingerprint density at radius 3 is 2.88 bits per heavy atom. The summed E-state index contributed by atoms with van der Waals surface area (Å²) >= 11 is 5.99. The molecule has 0 saturated heterocycles. The Kier molecular flexibility index (Phi) is 4.99. The van der Waals surface area contributed by atoms with Gasteiger partial charge in [-0.2, -0.15) is 0 Å². The number of carbonyl (C=O) groups is 2. The second-order valence-electron chi connectivity index (χ2n) is 6.67. The van der Waals surface area contributed by atoms with Gasteiger partial charge in [0.15, 0.2) is 0 Å². The lowest BCUT2D eigenvalue weighted by Crippen LogP contribution is -2.49. The predicted molar refractivity (Wildman–Crippen MR) is 92.4 cm³/mol. The highest BCUT2D eigenvalue weighted by atomic mass is 35.5. The van der Waals surface area contributed by atoms with Crippen LogP contribution in [0.15, 0.2) is 18.2 Å². The second kappa shape index (κ2) is 7.01. The molecule has 1 fully saturated rings. The summed E-state index contributed by atoms with van der Waals surface area (Å²) in [6.45, 7) is 3.23. The summed E-state index contributed by atoms with van der Waals surface area (Å²) in [4.78, 5) is 24.4. The van der Waals surface area contributed by atoms with E-state index >= 15 is 0 Å². The Labute approximate surface area is 147 Å². The van der Waals surface area contributed by atoms with Crippen molar-refractivity contribution in [2.75, 3.05) is 13.1 Å². The zero-order valence-electron chi connectivity index (χ0n) is 13.9. The minimum absolute atomic E-state index is 0.0365. The summed E-state index contributed by atoms with van der Waals surface area (Å²) in [7, 11) is 0. The van der Waals surface area contributed by atoms with E-state index < -0.39 is 5.60 Å². The van der Waals surface area contributed by atoms with Crippen LogP contribution in [0.2, 0.25) is 5.02 Å². The molecule has 2 aliphatic rings. The normalized spacial score (nSPS) is 26.1. The first-order chi connectivity index (χ1) is 11.5. The number of nitrogens with one attached hydrogen (secondary N) is 2. The second-order valence-corrected chi connectivity index (χ2v) is 7.11. The van der Waals surface area contributed by atoms with Crippen LogP contribution in [0.25, 0.3) is 0 Å². The fourth-order valence-corrected chi connectivity index (χ4v) is 3.62. The minimum Gasteiger partial charge on any atom is -0.485 e. The number of ether oxygens (including phenoxy) is 1. The SMILES string of the molecule is CCCNC(=O)C1CCC2(CC1)CNC(=O)c1cc(Cl)ccc1O2. The van der Waals surface area contributed by atoms with Crippen molar-refractivity contribution >= 4 is 23.4 Å². The summed E-state index contributed by atoms with van der Waals surface area (Å²) in [6.07, 6.45) is 3.98. The third-order valence-corrected chi connectivity index (χ3v) is 5.14. The molecule has 130 valence electrons. The van der Waals surface area contributed by atoms with Crippen molar-refractivity contribution in [3.63, 3.8) is 0 Å². The zero-order valence-corrected chi connectivity index (χ0v) is 14.6. The van der Waals surface area contributed by atoms with Crippen molar-refractivity contribution in [2.45, 2.75) is 44.6 Å². The summed E-state index contributed by atoms with van der Waals surface area (Å²) in [5.41, 5.74) is 0.0400. The molecule has 2 amide bonds. The number of carbonyl (C=O) groups excluding carboxylic acids is 2. The molecular formula is C18H23ClN2O3.